The maximum atomic E-state index is 11.5. The SMILES string of the molecule is COC(=O)CNC(=O)NC(Cc1ccccc1)C(=O)O. The number of urea groups is 1. The molecule has 7 nitrogen and oxygen atoms in total. The Bertz CT molecular complexity index is 475. The zero-order valence-corrected chi connectivity index (χ0v) is 11.0. The van der Waals surface area contributed by atoms with Crippen LogP contribution >= 0.6 is 0 Å². The van der Waals surface area contributed by atoms with Crippen molar-refractivity contribution >= 4 is 18.0 Å². The van der Waals surface area contributed by atoms with E-state index in [0.717, 1.165) is 5.56 Å². The Morgan fingerprint density at radius 3 is 2.45 bits per heavy atom. The van der Waals surface area contributed by atoms with Gasteiger partial charge in [-0.05, 0) is 5.56 Å². The van der Waals surface area contributed by atoms with E-state index in [9.17, 15) is 14.4 Å². The van der Waals surface area contributed by atoms with Gasteiger partial charge >= 0.3 is 18.0 Å². The number of aliphatic carboxylic acids is 1. The van der Waals surface area contributed by atoms with Gasteiger partial charge in [0.05, 0.1) is 7.11 Å². The van der Waals surface area contributed by atoms with Crippen molar-refractivity contribution in [1.82, 2.24) is 10.6 Å². The second-order valence-corrected chi connectivity index (χ2v) is 3.98. The lowest BCUT2D eigenvalue weighted by molar-refractivity contribution is -0.139. The van der Waals surface area contributed by atoms with Crippen molar-refractivity contribution in [3.8, 4) is 0 Å². The van der Waals surface area contributed by atoms with Crippen molar-refractivity contribution in [1.29, 1.82) is 0 Å². The van der Waals surface area contributed by atoms with Crippen molar-refractivity contribution < 1.29 is 24.2 Å². The monoisotopic (exact) mass is 280 g/mol. The molecular weight excluding hydrogens is 264 g/mol. The minimum atomic E-state index is -1.15. The van der Waals surface area contributed by atoms with Gasteiger partial charge in [-0.3, -0.25) is 4.79 Å². The molecule has 1 aromatic rings. The number of rotatable bonds is 6. The average molecular weight is 280 g/mol. The molecule has 0 saturated heterocycles. The first-order valence-electron chi connectivity index (χ1n) is 5.91. The van der Waals surface area contributed by atoms with Crippen LogP contribution in [0.5, 0.6) is 0 Å². The number of hydrogen-bond acceptors (Lipinski definition) is 4. The number of amides is 2. The number of carbonyl (C=O) groups excluding carboxylic acids is 2. The quantitative estimate of drug-likeness (QED) is 0.644. The molecule has 108 valence electrons. The number of nitrogens with one attached hydrogen (secondary N) is 2. The minimum Gasteiger partial charge on any atom is -0.480 e. The normalized spacial score (nSPS) is 11.2. The third-order valence-corrected chi connectivity index (χ3v) is 2.51. The van der Waals surface area contributed by atoms with Crippen LogP contribution < -0.4 is 10.6 Å². The summed E-state index contributed by atoms with van der Waals surface area (Å²) in [6, 6.07) is 7.11. The summed E-state index contributed by atoms with van der Waals surface area (Å²) in [5.74, 6) is -1.77. The number of ether oxygens (including phenoxy) is 1. The number of carboxylic acid groups (broad SMARTS) is 1. The maximum Gasteiger partial charge on any atom is 0.326 e. The lowest BCUT2D eigenvalue weighted by Gasteiger charge is -2.15. The van der Waals surface area contributed by atoms with Crippen LogP contribution in [0.2, 0.25) is 0 Å². The minimum absolute atomic E-state index is 0.155. The number of hydrogen-bond donors (Lipinski definition) is 3. The highest BCUT2D eigenvalue weighted by atomic mass is 16.5. The van der Waals surface area contributed by atoms with Crippen LogP contribution in [0.4, 0.5) is 4.79 Å². The smallest absolute Gasteiger partial charge is 0.326 e. The molecule has 0 aliphatic heterocycles. The van der Waals surface area contributed by atoms with E-state index in [4.69, 9.17) is 5.11 Å². The molecular formula is C13H16N2O5. The number of carboxylic acids is 1. The molecule has 2 amide bonds. The van der Waals surface area contributed by atoms with Crippen LogP contribution in [0.25, 0.3) is 0 Å². The van der Waals surface area contributed by atoms with Crippen LogP contribution in [-0.4, -0.2) is 42.8 Å². The molecule has 20 heavy (non-hydrogen) atoms. The van der Waals surface area contributed by atoms with Gasteiger partial charge in [-0.15, -0.1) is 0 Å². The van der Waals surface area contributed by atoms with Gasteiger partial charge in [-0.2, -0.15) is 0 Å². The number of esters is 1. The highest BCUT2D eigenvalue weighted by Gasteiger charge is 2.20. The molecule has 0 aliphatic carbocycles. The van der Waals surface area contributed by atoms with E-state index in [1.807, 2.05) is 6.07 Å². The molecule has 3 N–H and O–H groups in total. The lowest BCUT2D eigenvalue weighted by atomic mass is 10.1. The Morgan fingerprint density at radius 1 is 1.25 bits per heavy atom. The zero-order chi connectivity index (χ0) is 15.0. The highest BCUT2D eigenvalue weighted by molar-refractivity contribution is 5.85. The molecule has 1 aromatic carbocycles. The summed E-state index contributed by atoms with van der Waals surface area (Å²) in [6.45, 7) is -0.319. The Morgan fingerprint density at radius 2 is 1.90 bits per heavy atom. The number of methoxy groups -OCH3 is 1. The zero-order valence-electron chi connectivity index (χ0n) is 11.0. The second-order valence-electron chi connectivity index (χ2n) is 3.98. The topological polar surface area (TPSA) is 105 Å². The van der Waals surface area contributed by atoms with Gasteiger partial charge in [-0.25, -0.2) is 9.59 Å². The molecule has 0 aromatic heterocycles. The fraction of sp³-hybridized carbons (Fsp3) is 0.308. The molecule has 0 aliphatic rings. The Labute approximate surface area is 115 Å². The summed E-state index contributed by atoms with van der Waals surface area (Å²) in [5.41, 5.74) is 0.785. The van der Waals surface area contributed by atoms with Gasteiger partial charge in [0.1, 0.15) is 12.6 Å². The van der Waals surface area contributed by atoms with Gasteiger partial charge in [0.25, 0.3) is 0 Å². The molecule has 0 radical (unpaired) electrons. The first-order valence-corrected chi connectivity index (χ1v) is 5.91. The van der Waals surface area contributed by atoms with Gasteiger partial charge in [-0.1, -0.05) is 30.3 Å². The molecule has 7 heteroatoms. The first kappa shape index (κ1) is 15.5. The third-order valence-electron chi connectivity index (χ3n) is 2.51. The van der Waals surface area contributed by atoms with Gasteiger partial charge in [0.2, 0.25) is 0 Å². The molecule has 0 fully saturated rings. The average Bonchev–Trinajstić information content (AvgIpc) is 2.45. The summed E-state index contributed by atoms with van der Waals surface area (Å²) in [4.78, 5) is 33.4. The van der Waals surface area contributed by atoms with E-state index in [1.165, 1.54) is 7.11 Å². The maximum absolute atomic E-state index is 11.5. The van der Waals surface area contributed by atoms with Crippen LogP contribution in [0, 0.1) is 0 Å². The predicted octanol–water partition coefficient (Wildman–Crippen LogP) is 0.154. The van der Waals surface area contributed by atoms with E-state index in [-0.39, 0.29) is 13.0 Å². The molecule has 1 rings (SSSR count). The van der Waals surface area contributed by atoms with E-state index >= 15 is 0 Å². The van der Waals surface area contributed by atoms with E-state index < -0.39 is 24.0 Å². The third kappa shape index (κ3) is 5.38. The summed E-state index contributed by atoms with van der Waals surface area (Å²) < 4.78 is 4.35. The van der Waals surface area contributed by atoms with E-state index in [2.05, 4.69) is 15.4 Å². The van der Waals surface area contributed by atoms with Crippen LogP contribution in [0.1, 0.15) is 5.56 Å². The molecule has 1 atom stereocenters. The fourth-order valence-corrected chi connectivity index (χ4v) is 1.48. The van der Waals surface area contributed by atoms with Crippen LogP contribution in [-0.2, 0) is 20.7 Å². The standard InChI is InChI=1S/C13H16N2O5/c1-20-11(16)8-14-13(19)15-10(12(17)18)7-9-5-3-2-4-6-9/h2-6,10H,7-8H2,1H3,(H,17,18)(H2,14,15,19). The Hall–Kier alpha value is -2.57. The van der Waals surface area contributed by atoms with Crippen molar-refractivity contribution in [3.05, 3.63) is 35.9 Å². The predicted molar refractivity (Wildman–Crippen MR) is 70.1 cm³/mol. The lowest BCUT2D eigenvalue weighted by Crippen LogP contribution is -2.48. The van der Waals surface area contributed by atoms with Crippen LogP contribution in [0.15, 0.2) is 30.3 Å². The molecule has 0 spiro atoms. The number of benzene rings is 1. The van der Waals surface area contributed by atoms with E-state index in [0.29, 0.717) is 0 Å². The van der Waals surface area contributed by atoms with Crippen molar-refractivity contribution in [2.24, 2.45) is 0 Å². The first-order chi connectivity index (χ1) is 9.52. The molecule has 0 bridgehead atoms. The molecule has 0 heterocycles. The Balaban J connectivity index is 2.53. The summed E-state index contributed by atoms with van der Waals surface area (Å²) >= 11 is 0. The Kier molecular flexibility index (Phi) is 6.02. The largest absolute Gasteiger partial charge is 0.480 e. The van der Waals surface area contributed by atoms with E-state index in [1.54, 1.807) is 24.3 Å². The summed E-state index contributed by atoms with van der Waals surface area (Å²) in [7, 11) is 1.19. The van der Waals surface area contributed by atoms with Gasteiger partial charge < -0.3 is 20.5 Å². The van der Waals surface area contributed by atoms with Crippen molar-refractivity contribution in [2.45, 2.75) is 12.5 Å². The van der Waals surface area contributed by atoms with Crippen molar-refractivity contribution in [2.75, 3.05) is 13.7 Å². The molecule has 0 saturated carbocycles. The summed E-state index contributed by atoms with van der Waals surface area (Å²) in [6.07, 6.45) is 0.155. The van der Waals surface area contributed by atoms with Crippen LogP contribution in [0.3, 0.4) is 0 Å². The van der Waals surface area contributed by atoms with Crippen molar-refractivity contribution in [3.63, 3.8) is 0 Å². The van der Waals surface area contributed by atoms with Gasteiger partial charge in [0, 0.05) is 6.42 Å². The molecule has 1 unspecified atom stereocenters. The van der Waals surface area contributed by atoms with Gasteiger partial charge in [0.15, 0.2) is 0 Å². The second kappa shape index (κ2) is 7.78. The highest BCUT2D eigenvalue weighted by Crippen LogP contribution is 2.03. The summed E-state index contributed by atoms with van der Waals surface area (Å²) in [5, 5.41) is 13.6. The number of carbonyl (C=O) groups is 3. The fourth-order valence-electron chi connectivity index (χ4n) is 1.48.